The van der Waals surface area contributed by atoms with Gasteiger partial charge in [-0.2, -0.15) is 0 Å². The second kappa shape index (κ2) is 8.98. The summed E-state index contributed by atoms with van der Waals surface area (Å²) in [4.78, 5) is 6.85. The summed E-state index contributed by atoms with van der Waals surface area (Å²) in [5.41, 5.74) is 2.82. The number of aromatic nitrogens is 1. The van der Waals surface area contributed by atoms with E-state index in [1.807, 2.05) is 25.1 Å². The van der Waals surface area contributed by atoms with Gasteiger partial charge < -0.3 is 19.9 Å². The fourth-order valence-electron chi connectivity index (χ4n) is 3.23. The molecule has 1 aromatic carbocycles. The number of hydrogen-bond donors (Lipinski definition) is 2. The predicted molar refractivity (Wildman–Crippen MR) is 100 cm³/mol. The number of pyridine rings is 1. The number of nitrogens with zero attached hydrogens (tertiary/aromatic N) is 2. The lowest BCUT2D eigenvalue weighted by Gasteiger charge is -2.35. The van der Waals surface area contributed by atoms with E-state index in [0.717, 1.165) is 44.3 Å². The van der Waals surface area contributed by atoms with E-state index in [9.17, 15) is 5.11 Å². The van der Waals surface area contributed by atoms with E-state index < -0.39 is 0 Å². The quantitative estimate of drug-likeness (QED) is 0.792. The molecule has 1 aliphatic rings. The van der Waals surface area contributed by atoms with Gasteiger partial charge in [-0.25, -0.2) is 0 Å². The lowest BCUT2D eigenvalue weighted by atomic mass is 10.0. The highest BCUT2D eigenvalue weighted by molar-refractivity contribution is 5.30. The van der Waals surface area contributed by atoms with Gasteiger partial charge in [0, 0.05) is 37.9 Å². The summed E-state index contributed by atoms with van der Waals surface area (Å²) in [6.45, 7) is 6.56. The van der Waals surface area contributed by atoms with Crippen LogP contribution in [0.4, 0.5) is 0 Å². The molecular weight excluding hydrogens is 330 g/mol. The average molecular weight is 357 g/mol. The standard InChI is InChI=1S/C20H27N3O3/c1-15-3-8-20(24)18(22-15)13-21-14-19(23-9-11-26-12-10-23)16-4-6-17(25-2)7-5-16/h3-8,19,21,24H,9-14H2,1-2H3. The Morgan fingerprint density at radius 1 is 1.19 bits per heavy atom. The van der Waals surface area contributed by atoms with Crippen LogP contribution in [0.1, 0.15) is 23.0 Å². The van der Waals surface area contributed by atoms with Crippen LogP contribution in [0.25, 0.3) is 0 Å². The van der Waals surface area contributed by atoms with E-state index in [0.29, 0.717) is 12.2 Å². The number of nitrogens with one attached hydrogen (secondary N) is 1. The molecule has 0 amide bonds. The first-order valence-electron chi connectivity index (χ1n) is 8.99. The summed E-state index contributed by atoms with van der Waals surface area (Å²) in [6, 6.07) is 12.0. The van der Waals surface area contributed by atoms with Gasteiger partial charge in [0.15, 0.2) is 0 Å². The molecular formula is C20H27N3O3. The maximum atomic E-state index is 9.98. The molecule has 0 spiro atoms. The molecule has 1 unspecified atom stereocenters. The van der Waals surface area contributed by atoms with Gasteiger partial charge >= 0.3 is 0 Å². The molecule has 1 aromatic heterocycles. The van der Waals surface area contributed by atoms with E-state index in [-0.39, 0.29) is 11.8 Å². The van der Waals surface area contributed by atoms with Gasteiger partial charge in [0.1, 0.15) is 11.5 Å². The molecule has 0 aliphatic carbocycles. The molecule has 2 heterocycles. The van der Waals surface area contributed by atoms with Crippen molar-refractivity contribution in [1.29, 1.82) is 0 Å². The number of aryl methyl sites for hydroxylation is 1. The summed E-state index contributed by atoms with van der Waals surface area (Å²) < 4.78 is 10.8. The van der Waals surface area contributed by atoms with Crippen molar-refractivity contribution in [3.8, 4) is 11.5 Å². The van der Waals surface area contributed by atoms with Gasteiger partial charge in [0.2, 0.25) is 0 Å². The Kier molecular flexibility index (Phi) is 6.44. The van der Waals surface area contributed by atoms with E-state index in [2.05, 4.69) is 27.3 Å². The number of benzene rings is 1. The fraction of sp³-hybridized carbons (Fsp3) is 0.450. The molecule has 1 saturated heterocycles. The Hall–Kier alpha value is -2.15. The Morgan fingerprint density at radius 2 is 1.92 bits per heavy atom. The summed E-state index contributed by atoms with van der Waals surface area (Å²) >= 11 is 0. The van der Waals surface area contributed by atoms with Crippen molar-refractivity contribution < 1.29 is 14.6 Å². The number of morpholine rings is 1. The van der Waals surface area contributed by atoms with Crippen molar-refractivity contribution in [2.24, 2.45) is 0 Å². The van der Waals surface area contributed by atoms with Crippen LogP contribution in [0.2, 0.25) is 0 Å². The van der Waals surface area contributed by atoms with Crippen LogP contribution < -0.4 is 10.1 Å². The zero-order valence-electron chi connectivity index (χ0n) is 15.4. The molecule has 2 N–H and O–H groups in total. The zero-order valence-corrected chi connectivity index (χ0v) is 15.4. The van der Waals surface area contributed by atoms with Crippen LogP contribution in [0, 0.1) is 6.92 Å². The third kappa shape index (κ3) is 4.72. The van der Waals surface area contributed by atoms with Gasteiger partial charge in [-0.3, -0.25) is 9.88 Å². The first-order chi connectivity index (χ1) is 12.7. The van der Waals surface area contributed by atoms with Crippen molar-refractivity contribution in [2.75, 3.05) is 40.0 Å². The minimum Gasteiger partial charge on any atom is -0.506 e. The third-order valence-electron chi connectivity index (χ3n) is 4.71. The van der Waals surface area contributed by atoms with Crippen LogP contribution in [0.3, 0.4) is 0 Å². The third-order valence-corrected chi connectivity index (χ3v) is 4.71. The van der Waals surface area contributed by atoms with Crippen LogP contribution in [-0.2, 0) is 11.3 Å². The Balaban J connectivity index is 1.69. The number of ether oxygens (including phenoxy) is 2. The van der Waals surface area contributed by atoms with E-state index in [1.54, 1.807) is 13.2 Å². The maximum absolute atomic E-state index is 9.98. The second-order valence-corrected chi connectivity index (χ2v) is 6.49. The Morgan fingerprint density at radius 3 is 2.62 bits per heavy atom. The first-order valence-corrected chi connectivity index (χ1v) is 8.99. The molecule has 1 atom stereocenters. The second-order valence-electron chi connectivity index (χ2n) is 6.49. The molecule has 26 heavy (non-hydrogen) atoms. The highest BCUT2D eigenvalue weighted by Crippen LogP contribution is 2.24. The average Bonchev–Trinajstić information content (AvgIpc) is 2.69. The number of rotatable bonds is 7. The minimum absolute atomic E-state index is 0.232. The van der Waals surface area contributed by atoms with Crippen molar-refractivity contribution in [3.05, 3.63) is 53.3 Å². The number of aromatic hydroxyl groups is 1. The monoisotopic (exact) mass is 357 g/mol. The fourth-order valence-corrected chi connectivity index (χ4v) is 3.23. The highest BCUT2D eigenvalue weighted by atomic mass is 16.5. The van der Waals surface area contributed by atoms with Crippen molar-refractivity contribution in [1.82, 2.24) is 15.2 Å². The normalized spacial score (nSPS) is 16.4. The lowest BCUT2D eigenvalue weighted by molar-refractivity contribution is 0.0160. The van der Waals surface area contributed by atoms with Crippen LogP contribution in [0.5, 0.6) is 11.5 Å². The molecule has 1 fully saturated rings. The zero-order chi connectivity index (χ0) is 18.4. The summed E-state index contributed by atoms with van der Waals surface area (Å²) in [5.74, 6) is 1.09. The lowest BCUT2D eigenvalue weighted by Crippen LogP contribution is -2.42. The van der Waals surface area contributed by atoms with Gasteiger partial charge in [-0.05, 0) is 36.8 Å². The number of hydrogen-bond acceptors (Lipinski definition) is 6. The highest BCUT2D eigenvalue weighted by Gasteiger charge is 2.22. The van der Waals surface area contributed by atoms with Crippen molar-refractivity contribution >= 4 is 0 Å². The number of methoxy groups -OCH3 is 1. The first kappa shape index (κ1) is 18.6. The summed E-state index contributed by atoms with van der Waals surface area (Å²) in [7, 11) is 1.68. The topological polar surface area (TPSA) is 66.8 Å². The van der Waals surface area contributed by atoms with Gasteiger partial charge in [0.25, 0.3) is 0 Å². The van der Waals surface area contributed by atoms with Gasteiger partial charge in [-0.15, -0.1) is 0 Å². The summed E-state index contributed by atoms with van der Waals surface area (Å²) in [5, 5.41) is 13.4. The molecule has 3 rings (SSSR count). The van der Waals surface area contributed by atoms with E-state index in [4.69, 9.17) is 9.47 Å². The Bertz CT molecular complexity index is 700. The molecule has 2 aromatic rings. The van der Waals surface area contributed by atoms with Crippen LogP contribution in [-0.4, -0.2) is 54.9 Å². The molecule has 0 bridgehead atoms. The van der Waals surface area contributed by atoms with Crippen molar-refractivity contribution in [2.45, 2.75) is 19.5 Å². The molecule has 140 valence electrons. The largest absolute Gasteiger partial charge is 0.506 e. The molecule has 1 aliphatic heterocycles. The maximum Gasteiger partial charge on any atom is 0.138 e. The molecule has 6 heteroatoms. The Labute approximate surface area is 154 Å². The van der Waals surface area contributed by atoms with Gasteiger partial charge in [0.05, 0.1) is 26.0 Å². The van der Waals surface area contributed by atoms with Gasteiger partial charge in [-0.1, -0.05) is 12.1 Å². The predicted octanol–water partition coefficient (Wildman–Crippen LogP) is 2.27. The van der Waals surface area contributed by atoms with E-state index in [1.165, 1.54) is 5.56 Å². The SMILES string of the molecule is COc1ccc(C(CNCc2nc(C)ccc2O)N2CCOCC2)cc1. The molecule has 6 nitrogen and oxygen atoms in total. The molecule has 0 saturated carbocycles. The smallest absolute Gasteiger partial charge is 0.138 e. The van der Waals surface area contributed by atoms with E-state index >= 15 is 0 Å². The minimum atomic E-state index is 0.232. The van der Waals surface area contributed by atoms with Crippen molar-refractivity contribution in [3.63, 3.8) is 0 Å². The van der Waals surface area contributed by atoms with Crippen LogP contribution in [0.15, 0.2) is 36.4 Å². The van der Waals surface area contributed by atoms with Crippen LogP contribution >= 0.6 is 0 Å². The summed E-state index contributed by atoms with van der Waals surface area (Å²) in [6.07, 6.45) is 0. The molecule has 0 radical (unpaired) electrons.